The summed E-state index contributed by atoms with van der Waals surface area (Å²) in [4.78, 5) is 14.0. The average molecular weight is 278 g/mol. The highest BCUT2D eigenvalue weighted by Gasteiger charge is 2.34. The average Bonchev–Trinajstić information content (AvgIpc) is 2.35. The van der Waals surface area contributed by atoms with Crippen molar-refractivity contribution in [2.24, 2.45) is 11.7 Å². The van der Waals surface area contributed by atoms with Crippen LogP contribution in [0.1, 0.15) is 39.0 Å². The number of carbonyl (C=O) groups excluding carboxylic acids is 1. The van der Waals surface area contributed by atoms with Crippen LogP contribution in [0, 0.1) is 5.92 Å². The van der Waals surface area contributed by atoms with Gasteiger partial charge in [-0.25, -0.2) is 0 Å². The van der Waals surface area contributed by atoms with Gasteiger partial charge in [0.15, 0.2) is 0 Å². The van der Waals surface area contributed by atoms with Gasteiger partial charge in [0.05, 0.1) is 0 Å². The van der Waals surface area contributed by atoms with E-state index in [9.17, 15) is 4.79 Å². The summed E-state index contributed by atoms with van der Waals surface area (Å²) in [5, 5.41) is 3.06. The number of nitrogens with two attached hydrogens (primary N) is 1. The Labute approximate surface area is 117 Å². The molecule has 0 bridgehead atoms. The van der Waals surface area contributed by atoms with E-state index in [4.69, 9.17) is 5.73 Å². The summed E-state index contributed by atoms with van der Waals surface area (Å²) in [6.07, 6.45) is 6.21. The van der Waals surface area contributed by atoms with Crippen LogP contribution >= 0.6 is 12.4 Å². The number of carbonyl (C=O) groups is 1. The summed E-state index contributed by atoms with van der Waals surface area (Å²) >= 11 is 0. The Hall–Kier alpha value is -0.320. The van der Waals surface area contributed by atoms with Crippen LogP contribution < -0.4 is 11.1 Å². The molecule has 5 heteroatoms. The summed E-state index contributed by atoms with van der Waals surface area (Å²) in [5.41, 5.74) is 5.66. The smallest absolute Gasteiger partial charge is 0.224 e. The molecule has 0 heterocycles. The zero-order chi connectivity index (χ0) is 12.9. The molecule has 0 aromatic heterocycles. The molecule has 1 atom stereocenters. The SMILES string of the molecule is CC(CN)C(=O)NCC1(N(C)C)CCCCC1.Cl. The number of halogens is 1. The van der Waals surface area contributed by atoms with E-state index < -0.39 is 0 Å². The minimum absolute atomic E-state index is 0. The van der Waals surface area contributed by atoms with E-state index in [1.807, 2.05) is 6.92 Å². The summed E-state index contributed by atoms with van der Waals surface area (Å²) in [6.45, 7) is 3.04. The molecule has 0 radical (unpaired) electrons. The molecule has 108 valence electrons. The zero-order valence-electron chi connectivity index (χ0n) is 11.9. The molecule has 0 aromatic carbocycles. The van der Waals surface area contributed by atoms with Gasteiger partial charge < -0.3 is 16.0 Å². The second kappa shape index (κ2) is 7.97. The highest BCUT2D eigenvalue weighted by Crippen LogP contribution is 2.31. The van der Waals surface area contributed by atoms with Crippen LogP contribution in [-0.4, -0.2) is 43.5 Å². The fraction of sp³-hybridized carbons (Fsp3) is 0.923. The zero-order valence-corrected chi connectivity index (χ0v) is 12.7. The van der Waals surface area contributed by atoms with Gasteiger partial charge in [-0.2, -0.15) is 0 Å². The van der Waals surface area contributed by atoms with Crippen LogP contribution in [0.25, 0.3) is 0 Å². The van der Waals surface area contributed by atoms with E-state index in [2.05, 4.69) is 24.3 Å². The third kappa shape index (κ3) is 4.41. The molecule has 0 aliphatic heterocycles. The quantitative estimate of drug-likeness (QED) is 0.798. The Morgan fingerprint density at radius 1 is 1.33 bits per heavy atom. The summed E-state index contributed by atoms with van der Waals surface area (Å²) in [7, 11) is 4.23. The fourth-order valence-electron chi connectivity index (χ4n) is 2.52. The molecule has 1 aliphatic carbocycles. The number of nitrogens with one attached hydrogen (secondary N) is 1. The van der Waals surface area contributed by atoms with Crippen LogP contribution in [0.3, 0.4) is 0 Å². The number of rotatable bonds is 5. The Morgan fingerprint density at radius 2 is 1.89 bits per heavy atom. The fourth-order valence-corrected chi connectivity index (χ4v) is 2.52. The first kappa shape index (κ1) is 17.7. The highest BCUT2D eigenvalue weighted by molar-refractivity contribution is 5.85. The molecule has 1 rings (SSSR count). The van der Waals surface area contributed by atoms with Gasteiger partial charge in [0.25, 0.3) is 0 Å². The molecule has 18 heavy (non-hydrogen) atoms. The van der Waals surface area contributed by atoms with Crippen LogP contribution in [-0.2, 0) is 4.79 Å². The molecule has 1 aliphatic rings. The van der Waals surface area contributed by atoms with Crippen molar-refractivity contribution in [2.45, 2.75) is 44.6 Å². The summed E-state index contributed by atoms with van der Waals surface area (Å²) in [5.74, 6) is -0.00268. The second-order valence-corrected chi connectivity index (χ2v) is 5.53. The Balaban J connectivity index is 0.00000289. The predicted octanol–water partition coefficient (Wildman–Crippen LogP) is 1.38. The van der Waals surface area contributed by atoms with Gasteiger partial charge in [0, 0.05) is 24.5 Å². The van der Waals surface area contributed by atoms with Gasteiger partial charge in [-0.05, 0) is 26.9 Å². The molecule has 0 aromatic rings. The van der Waals surface area contributed by atoms with E-state index in [1.165, 1.54) is 32.1 Å². The molecular formula is C13H28ClN3O. The van der Waals surface area contributed by atoms with E-state index >= 15 is 0 Å². The molecule has 0 saturated heterocycles. The number of hydrogen-bond acceptors (Lipinski definition) is 3. The van der Waals surface area contributed by atoms with Crippen molar-refractivity contribution in [3.8, 4) is 0 Å². The van der Waals surface area contributed by atoms with E-state index in [0.29, 0.717) is 6.54 Å². The van der Waals surface area contributed by atoms with Crippen molar-refractivity contribution in [1.82, 2.24) is 10.2 Å². The van der Waals surface area contributed by atoms with Crippen molar-refractivity contribution in [2.75, 3.05) is 27.2 Å². The largest absolute Gasteiger partial charge is 0.354 e. The van der Waals surface area contributed by atoms with Crippen molar-refractivity contribution in [3.63, 3.8) is 0 Å². The second-order valence-electron chi connectivity index (χ2n) is 5.53. The third-order valence-corrected chi connectivity index (χ3v) is 4.13. The van der Waals surface area contributed by atoms with Crippen molar-refractivity contribution in [1.29, 1.82) is 0 Å². The van der Waals surface area contributed by atoms with Crippen LogP contribution in [0.4, 0.5) is 0 Å². The van der Waals surface area contributed by atoms with E-state index in [1.54, 1.807) is 0 Å². The van der Waals surface area contributed by atoms with Crippen LogP contribution in [0.15, 0.2) is 0 Å². The molecule has 4 nitrogen and oxygen atoms in total. The molecule has 0 spiro atoms. The van der Waals surface area contributed by atoms with Crippen LogP contribution in [0.5, 0.6) is 0 Å². The number of likely N-dealkylation sites (N-methyl/N-ethyl adjacent to an activating group) is 1. The minimum Gasteiger partial charge on any atom is -0.354 e. The Morgan fingerprint density at radius 3 is 2.33 bits per heavy atom. The van der Waals surface area contributed by atoms with Gasteiger partial charge >= 0.3 is 0 Å². The highest BCUT2D eigenvalue weighted by atomic mass is 35.5. The lowest BCUT2D eigenvalue weighted by molar-refractivity contribution is -0.124. The predicted molar refractivity (Wildman–Crippen MR) is 78.0 cm³/mol. The van der Waals surface area contributed by atoms with Gasteiger partial charge in [0.1, 0.15) is 0 Å². The van der Waals surface area contributed by atoms with Gasteiger partial charge in [-0.15, -0.1) is 12.4 Å². The molecule has 1 fully saturated rings. The van der Waals surface area contributed by atoms with Crippen molar-refractivity contribution in [3.05, 3.63) is 0 Å². The molecule has 1 unspecified atom stereocenters. The Bertz CT molecular complexity index is 253. The maximum atomic E-state index is 11.8. The number of nitrogens with zero attached hydrogens (tertiary/aromatic N) is 1. The number of amides is 1. The topological polar surface area (TPSA) is 58.4 Å². The maximum absolute atomic E-state index is 11.8. The van der Waals surface area contributed by atoms with Crippen LogP contribution in [0.2, 0.25) is 0 Å². The lowest BCUT2D eigenvalue weighted by Crippen LogP contribution is -2.54. The molecule has 1 saturated carbocycles. The molecular weight excluding hydrogens is 250 g/mol. The minimum atomic E-state index is -0.0854. The normalized spacial score (nSPS) is 20.1. The van der Waals surface area contributed by atoms with Crippen molar-refractivity contribution < 1.29 is 4.79 Å². The summed E-state index contributed by atoms with van der Waals surface area (Å²) < 4.78 is 0. The lowest BCUT2D eigenvalue weighted by Gasteiger charge is -2.43. The number of hydrogen-bond donors (Lipinski definition) is 2. The standard InChI is InChI=1S/C13H27N3O.ClH/c1-11(9-14)12(17)15-10-13(16(2)3)7-5-4-6-8-13;/h11H,4-10,14H2,1-3H3,(H,15,17);1H. The monoisotopic (exact) mass is 277 g/mol. The van der Waals surface area contributed by atoms with Gasteiger partial charge in [-0.1, -0.05) is 26.2 Å². The first-order chi connectivity index (χ1) is 8.02. The molecule has 1 amide bonds. The Kier molecular flexibility index (Phi) is 7.83. The van der Waals surface area contributed by atoms with Crippen molar-refractivity contribution >= 4 is 18.3 Å². The summed E-state index contributed by atoms with van der Waals surface area (Å²) in [6, 6.07) is 0. The first-order valence-corrected chi connectivity index (χ1v) is 6.67. The van der Waals surface area contributed by atoms with E-state index in [0.717, 1.165) is 6.54 Å². The maximum Gasteiger partial charge on any atom is 0.224 e. The lowest BCUT2D eigenvalue weighted by atomic mass is 9.80. The third-order valence-electron chi connectivity index (χ3n) is 4.13. The van der Waals surface area contributed by atoms with Gasteiger partial charge in [-0.3, -0.25) is 4.79 Å². The first-order valence-electron chi connectivity index (χ1n) is 6.67. The molecule has 3 N–H and O–H groups in total. The van der Waals surface area contributed by atoms with E-state index in [-0.39, 0.29) is 29.8 Å². The van der Waals surface area contributed by atoms with Gasteiger partial charge in [0.2, 0.25) is 5.91 Å².